The zero-order chi connectivity index (χ0) is 26.5. The fourth-order valence-corrected chi connectivity index (χ4v) is 3.89. The van der Waals surface area contributed by atoms with Gasteiger partial charge in [-0.1, -0.05) is 52.7 Å². The van der Waals surface area contributed by atoms with E-state index in [1.807, 2.05) is 39.8 Å². The van der Waals surface area contributed by atoms with Gasteiger partial charge >= 0.3 is 0 Å². The van der Waals surface area contributed by atoms with Gasteiger partial charge in [0, 0.05) is 40.7 Å². The summed E-state index contributed by atoms with van der Waals surface area (Å²) in [7, 11) is 0. The molecule has 8 nitrogen and oxygen atoms in total. The molecule has 0 spiro atoms. The monoisotopic (exact) mass is 510 g/mol. The van der Waals surface area contributed by atoms with Gasteiger partial charge in [0.2, 0.25) is 17.7 Å². The minimum atomic E-state index is -1.05. The van der Waals surface area contributed by atoms with E-state index in [4.69, 9.17) is 16.1 Å². The van der Waals surface area contributed by atoms with Gasteiger partial charge in [-0.15, -0.1) is 0 Å². The molecule has 1 aromatic heterocycles. The summed E-state index contributed by atoms with van der Waals surface area (Å²) in [6.45, 7) is 9.24. The molecule has 0 saturated carbocycles. The number of amides is 3. The van der Waals surface area contributed by atoms with Crippen molar-refractivity contribution >= 4 is 40.8 Å². The third kappa shape index (κ3) is 7.18. The predicted molar refractivity (Wildman–Crippen MR) is 140 cm³/mol. The molecule has 0 fully saturated rings. The molecule has 0 saturated heterocycles. The molecular weight excluding hydrogens is 480 g/mol. The molecule has 9 heteroatoms. The molecule has 0 bridgehead atoms. The average Bonchev–Trinajstić information content (AvgIpc) is 3.20. The summed E-state index contributed by atoms with van der Waals surface area (Å²) < 4.78 is 4.96. The highest BCUT2D eigenvalue weighted by Gasteiger charge is 2.35. The Morgan fingerprint density at radius 1 is 1.03 bits per heavy atom. The third-order valence-electron chi connectivity index (χ3n) is 5.25. The molecule has 2 N–H and O–H groups in total. The lowest BCUT2D eigenvalue weighted by Gasteiger charge is -2.34. The van der Waals surface area contributed by atoms with E-state index < -0.39 is 23.4 Å². The Bertz CT molecular complexity index is 1230. The number of benzene rings is 2. The van der Waals surface area contributed by atoms with Crippen LogP contribution in [0, 0.1) is 13.8 Å². The van der Waals surface area contributed by atoms with Gasteiger partial charge in [0.05, 0.1) is 0 Å². The largest absolute Gasteiger partial charge is 0.360 e. The molecule has 2 aromatic carbocycles. The van der Waals surface area contributed by atoms with Gasteiger partial charge in [-0.3, -0.25) is 19.3 Å². The number of hydrogen-bond acceptors (Lipinski definition) is 5. The first-order valence-electron chi connectivity index (χ1n) is 11.6. The number of carbonyl (C=O) groups excluding carboxylic acids is 3. The van der Waals surface area contributed by atoms with Crippen LogP contribution in [-0.2, 0) is 14.4 Å². The number of aromatic nitrogens is 1. The molecule has 190 valence electrons. The molecule has 0 aliphatic carbocycles. The van der Waals surface area contributed by atoms with Crippen LogP contribution in [0.2, 0.25) is 5.02 Å². The van der Waals surface area contributed by atoms with Crippen LogP contribution in [0.5, 0.6) is 0 Å². The topological polar surface area (TPSA) is 105 Å². The fourth-order valence-electron chi connectivity index (χ4n) is 3.65. The van der Waals surface area contributed by atoms with Crippen LogP contribution in [0.1, 0.15) is 56.5 Å². The summed E-state index contributed by atoms with van der Waals surface area (Å²) in [6.07, 6.45) is -0.247. The highest BCUT2D eigenvalue weighted by Crippen LogP contribution is 2.33. The van der Waals surface area contributed by atoms with Crippen molar-refractivity contribution in [2.24, 2.45) is 0 Å². The van der Waals surface area contributed by atoms with Crippen LogP contribution < -0.4 is 15.5 Å². The summed E-state index contributed by atoms with van der Waals surface area (Å²) in [4.78, 5) is 41.2. The zero-order valence-electron chi connectivity index (χ0n) is 21.1. The maximum Gasteiger partial charge on any atom is 0.248 e. The second-order valence-electron chi connectivity index (χ2n) is 9.63. The molecule has 3 rings (SSSR count). The van der Waals surface area contributed by atoms with Crippen molar-refractivity contribution in [1.82, 2.24) is 10.5 Å². The van der Waals surface area contributed by atoms with Gasteiger partial charge in [-0.05, 0) is 52.8 Å². The zero-order valence-corrected chi connectivity index (χ0v) is 21.8. The van der Waals surface area contributed by atoms with Crippen molar-refractivity contribution < 1.29 is 18.9 Å². The first-order valence-corrected chi connectivity index (χ1v) is 12.0. The summed E-state index contributed by atoms with van der Waals surface area (Å²) in [5.74, 6) is -0.349. The van der Waals surface area contributed by atoms with Gasteiger partial charge < -0.3 is 15.2 Å². The quantitative estimate of drug-likeness (QED) is 0.425. The van der Waals surface area contributed by atoms with E-state index >= 15 is 0 Å². The molecule has 0 radical (unpaired) electrons. The number of rotatable bonds is 8. The van der Waals surface area contributed by atoms with Crippen molar-refractivity contribution in [3.05, 3.63) is 76.5 Å². The number of aryl methyl sites for hydroxylation is 2. The lowest BCUT2D eigenvalue weighted by Crippen LogP contribution is -2.49. The lowest BCUT2D eigenvalue weighted by molar-refractivity contribution is -0.128. The van der Waals surface area contributed by atoms with E-state index in [0.29, 0.717) is 22.0 Å². The second kappa shape index (κ2) is 11.4. The van der Waals surface area contributed by atoms with E-state index in [0.717, 1.165) is 5.56 Å². The van der Waals surface area contributed by atoms with Crippen molar-refractivity contribution in [3.8, 4) is 0 Å². The van der Waals surface area contributed by atoms with E-state index in [-0.39, 0.29) is 24.6 Å². The van der Waals surface area contributed by atoms with Gasteiger partial charge in [0.15, 0.2) is 5.82 Å². The molecule has 3 amide bonds. The Kier molecular flexibility index (Phi) is 8.53. The third-order valence-corrected chi connectivity index (χ3v) is 5.59. The normalized spacial score (nSPS) is 12.1. The number of nitrogens with one attached hydrogen (secondary N) is 2. The van der Waals surface area contributed by atoms with Crippen molar-refractivity contribution in [1.29, 1.82) is 0 Å². The Hall–Kier alpha value is -3.65. The van der Waals surface area contributed by atoms with E-state index in [1.54, 1.807) is 49.4 Å². The highest BCUT2D eigenvalue weighted by atomic mass is 35.5. The molecule has 1 heterocycles. The number of halogens is 1. The molecule has 0 aliphatic heterocycles. The van der Waals surface area contributed by atoms with Crippen molar-refractivity contribution in [2.45, 2.75) is 59.0 Å². The molecule has 3 aromatic rings. The average molecular weight is 511 g/mol. The standard InChI is InChI=1S/C27H31ClN4O4/c1-17-10-12-19(13-11-17)32(24(34)15-14-23(33)29-22-16-18(2)36-31-22)25(26(35)30-27(3,4)5)20-8-6-7-9-21(20)28/h6-13,16,25H,14-15H2,1-5H3,(H,30,35)(H,29,31,33). The van der Waals surface area contributed by atoms with Crippen molar-refractivity contribution in [3.63, 3.8) is 0 Å². The number of hydrogen-bond donors (Lipinski definition) is 2. The highest BCUT2D eigenvalue weighted by molar-refractivity contribution is 6.31. The fraction of sp³-hybridized carbons (Fsp3) is 0.333. The van der Waals surface area contributed by atoms with Crippen LogP contribution in [-0.4, -0.2) is 28.4 Å². The van der Waals surface area contributed by atoms with Crippen molar-refractivity contribution in [2.75, 3.05) is 10.2 Å². The lowest BCUT2D eigenvalue weighted by atomic mass is 10.00. The minimum absolute atomic E-state index is 0.108. The van der Waals surface area contributed by atoms with Crippen LogP contribution >= 0.6 is 11.6 Å². The minimum Gasteiger partial charge on any atom is -0.360 e. The van der Waals surface area contributed by atoms with Gasteiger partial charge in [0.1, 0.15) is 11.8 Å². The molecule has 1 unspecified atom stereocenters. The maximum atomic E-state index is 13.7. The summed E-state index contributed by atoms with van der Waals surface area (Å²) in [5.41, 5.74) is 1.46. The predicted octanol–water partition coefficient (Wildman–Crippen LogP) is 5.35. The first-order chi connectivity index (χ1) is 16.9. The summed E-state index contributed by atoms with van der Waals surface area (Å²) in [6, 6.07) is 14.8. The Labute approximate surface area is 216 Å². The van der Waals surface area contributed by atoms with Crippen LogP contribution in [0.4, 0.5) is 11.5 Å². The SMILES string of the molecule is Cc1ccc(N(C(=O)CCC(=O)Nc2cc(C)on2)C(C(=O)NC(C)(C)C)c2ccccc2Cl)cc1. The number of carbonyl (C=O) groups is 3. The molecule has 36 heavy (non-hydrogen) atoms. The second-order valence-corrected chi connectivity index (χ2v) is 10.0. The number of anilines is 2. The van der Waals surface area contributed by atoms with Gasteiger partial charge in [-0.2, -0.15) is 0 Å². The van der Waals surface area contributed by atoms with E-state index in [1.165, 1.54) is 4.90 Å². The summed E-state index contributed by atoms with van der Waals surface area (Å²) in [5, 5.41) is 9.68. The van der Waals surface area contributed by atoms with Crippen LogP contribution in [0.3, 0.4) is 0 Å². The van der Waals surface area contributed by atoms with Crippen LogP contribution in [0.25, 0.3) is 0 Å². The summed E-state index contributed by atoms with van der Waals surface area (Å²) >= 11 is 6.52. The molecule has 0 aliphatic rings. The van der Waals surface area contributed by atoms with E-state index in [2.05, 4.69) is 15.8 Å². The first kappa shape index (κ1) is 26.9. The molecule has 1 atom stereocenters. The Balaban J connectivity index is 1.96. The van der Waals surface area contributed by atoms with Gasteiger partial charge in [0.25, 0.3) is 0 Å². The number of nitrogens with zero attached hydrogens (tertiary/aromatic N) is 2. The van der Waals surface area contributed by atoms with Crippen LogP contribution in [0.15, 0.2) is 59.1 Å². The smallest absolute Gasteiger partial charge is 0.248 e. The van der Waals surface area contributed by atoms with Gasteiger partial charge in [-0.25, -0.2) is 0 Å². The maximum absolute atomic E-state index is 13.7. The van der Waals surface area contributed by atoms with E-state index in [9.17, 15) is 14.4 Å². The Morgan fingerprint density at radius 3 is 2.28 bits per heavy atom. The Morgan fingerprint density at radius 2 is 1.69 bits per heavy atom. The molecular formula is C27H31ClN4O4.